The van der Waals surface area contributed by atoms with Crippen LogP contribution in [0.1, 0.15) is 12.0 Å². The molecule has 0 spiro atoms. The van der Waals surface area contributed by atoms with Crippen molar-refractivity contribution in [1.29, 1.82) is 0 Å². The van der Waals surface area contributed by atoms with Gasteiger partial charge in [0.25, 0.3) is 0 Å². The highest BCUT2D eigenvalue weighted by atomic mass is 14.7. The molecule has 0 unspecified atom stereocenters. The first kappa shape index (κ1) is 10.8. The molecular formula is C14H16N2. The van der Waals surface area contributed by atoms with Crippen LogP contribution in [0.15, 0.2) is 48.7 Å². The van der Waals surface area contributed by atoms with E-state index in [1.807, 2.05) is 24.4 Å². The van der Waals surface area contributed by atoms with Crippen LogP contribution in [-0.2, 0) is 6.42 Å². The van der Waals surface area contributed by atoms with E-state index >= 15 is 0 Å². The first-order chi connectivity index (χ1) is 7.90. The fourth-order valence-corrected chi connectivity index (χ4v) is 1.68. The molecule has 1 aromatic heterocycles. The van der Waals surface area contributed by atoms with Crippen LogP contribution in [0.4, 0.5) is 0 Å². The van der Waals surface area contributed by atoms with E-state index in [-0.39, 0.29) is 0 Å². The Morgan fingerprint density at radius 2 is 1.81 bits per heavy atom. The summed E-state index contributed by atoms with van der Waals surface area (Å²) in [6.07, 6.45) is 3.92. The van der Waals surface area contributed by atoms with Crippen molar-refractivity contribution < 1.29 is 0 Å². The molecule has 2 nitrogen and oxygen atoms in total. The maximum atomic E-state index is 5.49. The topological polar surface area (TPSA) is 38.9 Å². The predicted octanol–water partition coefficient (Wildman–Crippen LogP) is 2.64. The SMILES string of the molecule is NCCCc1ccc(-c2ccccn2)cc1. The Bertz CT molecular complexity index is 420. The van der Waals surface area contributed by atoms with E-state index in [0.29, 0.717) is 0 Å². The molecule has 0 fully saturated rings. The summed E-state index contributed by atoms with van der Waals surface area (Å²) in [4.78, 5) is 4.32. The summed E-state index contributed by atoms with van der Waals surface area (Å²) in [5.74, 6) is 0. The minimum absolute atomic E-state index is 0.752. The smallest absolute Gasteiger partial charge is 0.0701 e. The zero-order valence-electron chi connectivity index (χ0n) is 9.26. The Kier molecular flexibility index (Phi) is 3.67. The van der Waals surface area contributed by atoms with Crippen LogP contribution in [0, 0.1) is 0 Å². The number of hydrogen-bond donors (Lipinski definition) is 1. The number of rotatable bonds is 4. The molecule has 2 heteroatoms. The summed E-state index contributed by atoms with van der Waals surface area (Å²) >= 11 is 0. The van der Waals surface area contributed by atoms with E-state index < -0.39 is 0 Å². The molecular weight excluding hydrogens is 196 g/mol. The number of benzene rings is 1. The maximum absolute atomic E-state index is 5.49. The van der Waals surface area contributed by atoms with Gasteiger partial charge in [-0.2, -0.15) is 0 Å². The van der Waals surface area contributed by atoms with E-state index in [2.05, 4.69) is 29.2 Å². The number of aryl methyl sites for hydroxylation is 1. The summed E-state index contributed by atoms with van der Waals surface area (Å²) in [5.41, 5.74) is 9.01. The minimum atomic E-state index is 0.752. The summed E-state index contributed by atoms with van der Waals surface area (Å²) in [7, 11) is 0. The van der Waals surface area contributed by atoms with Crippen molar-refractivity contribution in [2.75, 3.05) is 6.54 Å². The minimum Gasteiger partial charge on any atom is -0.330 e. The molecule has 0 amide bonds. The lowest BCUT2D eigenvalue weighted by molar-refractivity contribution is 0.833. The summed E-state index contributed by atoms with van der Waals surface area (Å²) < 4.78 is 0. The second-order valence-corrected chi connectivity index (χ2v) is 3.80. The van der Waals surface area contributed by atoms with Gasteiger partial charge in [-0.3, -0.25) is 4.98 Å². The zero-order chi connectivity index (χ0) is 11.2. The van der Waals surface area contributed by atoms with Gasteiger partial charge in [-0.05, 0) is 37.1 Å². The van der Waals surface area contributed by atoms with Crippen LogP contribution in [0.5, 0.6) is 0 Å². The average Bonchev–Trinajstić information content (AvgIpc) is 2.38. The Balaban J connectivity index is 2.13. The number of hydrogen-bond acceptors (Lipinski definition) is 2. The van der Waals surface area contributed by atoms with E-state index in [0.717, 1.165) is 30.6 Å². The molecule has 16 heavy (non-hydrogen) atoms. The Labute approximate surface area is 96.1 Å². The molecule has 82 valence electrons. The van der Waals surface area contributed by atoms with Gasteiger partial charge in [0.2, 0.25) is 0 Å². The molecule has 0 bridgehead atoms. The van der Waals surface area contributed by atoms with E-state index in [1.54, 1.807) is 0 Å². The second kappa shape index (κ2) is 5.42. The van der Waals surface area contributed by atoms with Gasteiger partial charge in [-0.1, -0.05) is 30.3 Å². The molecule has 1 heterocycles. The van der Waals surface area contributed by atoms with Crippen LogP contribution < -0.4 is 5.73 Å². The van der Waals surface area contributed by atoms with E-state index in [4.69, 9.17) is 5.73 Å². The van der Waals surface area contributed by atoms with Crippen molar-refractivity contribution in [3.8, 4) is 11.3 Å². The standard InChI is InChI=1S/C14H16N2/c15-10-3-4-12-6-8-13(9-7-12)14-5-1-2-11-16-14/h1-2,5-9,11H,3-4,10,15H2. The number of pyridine rings is 1. The zero-order valence-corrected chi connectivity index (χ0v) is 9.26. The lowest BCUT2D eigenvalue weighted by atomic mass is 10.1. The molecule has 0 atom stereocenters. The average molecular weight is 212 g/mol. The number of aromatic nitrogens is 1. The second-order valence-electron chi connectivity index (χ2n) is 3.80. The van der Waals surface area contributed by atoms with Crippen molar-refractivity contribution >= 4 is 0 Å². The van der Waals surface area contributed by atoms with Gasteiger partial charge in [-0.15, -0.1) is 0 Å². The van der Waals surface area contributed by atoms with Crippen molar-refractivity contribution in [3.05, 3.63) is 54.2 Å². The van der Waals surface area contributed by atoms with Gasteiger partial charge < -0.3 is 5.73 Å². The Morgan fingerprint density at radius 1 is 1.00 bits per heavy atom. The molecule has 0 saturated carbocycles. The highest BCUT2D eigenvalue weighted by Gasteiger charge is 1.98. The molecule has 2 aromatic rings. The fraction of sp³-hybridized carbons (Fsp3) is 0.214. The van der Waals surface area contributed by atoms with Crippen molar-refractivity contribution in [1.82, 2.24) is 4.98 Å². The van der Waals surface area contributed by atoms with Crippen LogP contribution in [0.25, 0.3) is 11.3 Å². The van der Waals surface area contributed by atoms with Crippen LogP contribution in [-0.4, -0.2) is 11.5 Å². The predicted molar refractivity (Wildman–Crippen MR) is 67.0 cm³/mol. The first-order valence-corrected chi connectivity index (χ1v) is 5.60. The molecule has 2 N–H and O–H groups in total. The highest BCUT2D eigenvalue weighted by Crippen LogP contribution is 2.17. The van der Waals surface area contributed by atoms with Gasteiger partial charge in [0.1, 0.15) is 0 Å². The third-order valence-corrected chi connectivity index (χ3v) is 2.58. The molecule has 0 radical (unpaired) electrons. The Hall–Kier alpha value is -1.67. The van der Waals surface area contributed by atoms with E-state index in [9.17, 15) is 0 Å². The van der Waals surface area contributed by atoms with Gasteiger partial charge in [0.05, 0.1) is 5.69 Å². The lowest BCUT2D eigenvalue weighted by Gasteiger charge is -2.03. The molecule has 0 aliphatic carbocycles. The van der Waals surface area contributed by atoms with Gasteiger partial charge in [0.15, 0.2) is 0 Å². The largest absolute Gasteiger partial charge is 0.330 e. The third kappa shape index (κ3) is 2.67. The van der Waals surface area contributed by atoms with Crippen LogP contribution >= 0.6 is 0 Å². The van der Waals surface area contributed by atoms with Crippen molar-refractivity contribution in [2.24, 2.45) is 5.73 Å². The monoisotopic (exact) mass is 212 g/mol. The molecule has 1 aromatic carbocycles. The van der Waals surface area contributed by atoms with Crippen LogP contribution in [0.3, 0.4) is 0 Å². The maximum Gasteiger partial charge on any atom is 0.0701 e. The number of nitrogens with two attached hydrogens (primary N) is 1. The fourth-order valence-electron chi connectivity index (χ4n) is 1.68. The van der Waals surface area contributed by atoms with Crippen LogP contribution in [0.2, 0.25) is 0 Å². The molecule has 2 rings (SSSR count). The molecule has 0 saturated heterocycles. The normalized spacial score (nSPS) is 10.3. The van der Waals surface area contributed by atoms with Gasteiger partial charge in [0, 0.05) is 11.8 Å². The third-order valence-electron chi connectivity index (χ3n) is 2.58. The van der Waals surface area contributed by atoms with Crippen molar-refractivity contribution in [2.45, 2.75) is 12.8 Å². The highest BCUT2D eigenvalue weighted by molar-refractivity contribution is 5.58. The summed E-state index contributed by atoms with van der Waals surface area (Å²) in [6, 6.07) is 14.5. The van der Waals surface area contributed by atoms with Crippen molar-refractivity contribution in [3.63, 3.8) is 0 Å². The molecule has 0 aliphatic rings. The Morgan fingerprint density at radius 3 is 2.44 bits per heavy atom. The first-order valence-electron chi connectivity index (χ1n) is 5.60. The molecule has 0 aliphatic heterocycles. The van der Waals surface area contributed by atoms with Gasteiger partial charge >= 0.3 is 0 Å². The summed E-state index contributed by atoms with van der Waals surface area (Å²) in [6.45, 7) is 0.752. The summed E-state index contributed by atoms with van der Waals surface area (Å²) in [5, 5.41) is 0. The van der Waals surface area contributed by atoms with E-state index in [1.165, 1.54) is 5.56 Å². The lowest BCUT2D eigenvalue weighted by Crippen LogP contribution is -2.00. The van der Waals surface area contributed by atoms with Gasteiger partial charge in [-0.25, -0.2) is 0 Å². The quantitative estimate of drug-likeness (QED) is 0.846. The number of nitrogens with zero attached hydrogens (tertiary/aromatic N) is 1.